The highest BCUT2D eigenvalue weighted by molar-refractivity contribution is 5.92. The van der Waals surface area contributed by atoms with Crippen molar-refractivity contribution in [2.24, 2.45) is 0 Å². The molecule has 0 spiro atoms. The Morgan fingerprint density at radius 2 is 1.89 bits per heavy atom. The van der Waals surface area contributed by atoms with Crippen LogP contribution in [-0.4, -0.2) is 5.16 Å². The molecule has 0 aliphatic rings. The lowest BCUT2D eigenvalue weighted by molar-refractivity contribution is 0.441. The Kier molecular flexibility index (Phi) is 2.69. The van der Waals surface area contributed by atoms with Crippen LogP contribution in [0, 0.1) is 0 Å². The first-order valence-corrected chi connectivity index (χ1v) is 5.96. The van der Waals surface area contributed by atoms with Crippen LogP contribution in [0.3, 0.4) is 0 Å². The molecular weight excluding hydrogens is 222 g/mol. The Hall–Kier alpha value is -2.35. The summed E-state index contributed by atoms with van der Waals surface area (Å²) in [5.74, 6) is 0.831. The fraction of sp³-hybridized carbons (Fsp3) is 0.0625. The summed E-state index contributed by atoms with van der Waals surface area (Å²) in [6.07, 6.45) is 4.10. The molecular formula is C16H13NO. The van der Waals surface area contributed by atoms with Crippen molar-refractivity contribution >= 4 is 17.0 Å². The standard InChI is InChI=1S/C16H13NO/c1-2-6-12-9-10-15-14(11-12)16(18-17-15)13-7-4-3-5-8-13/h2-11H,1H3/b6-2+. The molecule has 18 heavy (non-hydrogen) atoms. The average Bonchev–Trinajstić information content (AvgIpc) is 2.83. The molecule has 2 nitrogen and oxygen atoms in total. The number of aromatic nitrogens is 1. The van der Waals surface area contributed by atoms with E-state index in [9.17, 15) is 0 Å². The molecule has 0 atom stereocenters. The summed E-state index contributed by atoms with van der Waals surface area (Å²) in [5, 5.41) is 5.15. The molecule has 3 aromatic rings. The van der Waals surface area contributed by atoms with Crippen LogP contribution in [0.4, 0.5) is 0 Å². The molecule has 0 bridgehead atoms. The third-order valence-electron chi connectivity index (χ3n) is 2.90. The zero-order valence-electron chi connectivity index (χ0n) is 10.1. The van der Waals surface area contributed by atoms with Crippen molar-refractivity contribution in [3.05, 3.63) is 60.2 Å². The summed E-state index contributed by atoms with van der Waals surface area (Å²) in [5.41, 5.74) is 3.10. The normalized spacial score (nSPS) is 11.4. The van der Waals surface area contributed by atoms with Gasteiger partial charge in [0.15, 0.2) is 5.76 Å². The van der Waals surface area contributed by atoms with E-state index in [1.54, 1.807) is 0 Å². The minimum Gasteiger partial charge on any atom is -0.355 e. The molecule has 0 unspecified atom stereocenters. The molecule has 0 fully saturated rings. The highest BCUT2D eigenvalue weighted by Crippen LogP contribution is 2.29. The molecule has 1 aromatic heterocycles. The first-order chi connectivity index (χ1) is 8.88. The molecule has 0 saturated heterocycles. The van der Waals surface area contributed by atoms with E-state index in [1.165, 1.54) is 0 Å². The Balaban J connectivity index is 2.21. The summed E-state index contributed by atoms with van der Waals surface area (Å²) in [7, 11) is 0. The number of nitrogens with zero attached hydrogens (tertiary/aromatic N) is 1. The quantitative estimate of drug-likeness (QED) is 0.652. The second kappa shape index (κ2) is 4.49. The first kappa shape index (κ1) is 10.8. The van der Waals surface area contributed by atoms with Gasteiger partial charge in [-0.25, -0.2) is 0 Å². The van der Waals surface area contributed by atoms with E-state index in [2.05, 4.69) is 17.3 Å². The van der Waals surface area contributed by atoms with Gasteiger partial charge in [0.25, 0.3) is 0 Å². The summed E-state index contributed by atoms with van der Waals surface area (Å²) in [6, 6.07) is 16.2. The Morgan fingerprint density at radius 1 is 1.06 bits per heavy atom. The molecule has 0 N–H and O–H groups in total. The van der Waals surface area contributed by atoms with Crippen molar-refractivity contribution in [1.82, 2.24) is 5.16 Å². The zero-order valence-corrected chi connectivity index (χ0v) is 10.1. The Bertz CT molecular complexity index is 695. The monoisotopic (exact) mass is 235 g/mol. The fourth-order valence-corrected chi connectivity index (χ4v) is 2.05. The molecule has 0 amide bonds. The average molecular weight is 235 g/mol. The molecule has 3 rings (SSSR count). The van der Waals surface area contributed by atoms with Gasteiger partial charge in [0.05, 0.1) is 5.39 Å². The Labute approximate surface area is 106 Å². The molecule has 88 valence electrons. The molecule has 2 heteroatoms. The van der Waals surface area contributed by atoms with Crippen molar-refractivity contribution in [1.29, 1.82) is 0 Å². The summed E-state index contributed by atoms with van der Waals surface area (Å²) in [6.45, 7) is 2.01. The number of allylic oxidation sites excluding steroid dienone is 1. The third-order valence-corrected chi connectivity index (χ3v) is 2.90. The van der Waals surface area contributed by atoms with Gasteiger partial charge in [0.1, 0.15) is 5.52 Å². The van der Waals surface area contributed by atoms with Crippen LogP contribution in [0.15, 0.2) is 59.1 Å². The van der Waals surface area contributed by atoms with Gasteiger partial charge in [-0.2, -0.15) is 0 Å². The van der Waals surface area contributed by atoms with E-state index in [-0.39, 0.29) is 0 Å². The predicted octanol–water partition coefficient (Wildman–Crippen LogP) is 4.53. The number of hydrogen-bond acceptors (Lipinski definition) is 2. The van der Waals surface area contributed by atoms with Gasteiger partial charge in [0.2, 0.25) is 0 Å². The Morgan fingerprint density at radius 3 is 2.67 bits per heavy atom. The molecule has 0 radical (unpaired) electrons. The topological polar surface area (TPSA) is 26.0 Å². The van der Waals surface area contributed by atoms with E-state index >= 15 is 0 Å². The second-order valence-corrected chi connectivity index (χ2v) is 4.15. The summed E-state index contributed by atoms with van der Waals surface area (Å²) in [4.78, 5) is 0. The number of benzene rings is 2. The molecule has 1 heterocycles. The minimum atomic E-state index is 0.831. The van der Waals surface area contributed by atoms with Crippen molar-refractivity contribution in [2.45, 2.75) is 6.92 Å². The highest BCUT2D eigenvalue weighted by Gasteiger charge is 2.10. The van der Waals surface area contributed by atoms with Crippen LogP contribution < -0.4 is 0 Å². The number of rotatable bonds is 2. The maximum Gasteiger partial charge on any atom is 0.174 e. The smallest absolute Gasteiger partial charge is 0.174 e. The zero-order chi connectivity index (χ0) is 12.4. The van der Waals surface area contributed by atoms with Gasteiger partial charge in [-0.15, -0.1) is 0 Å². The van der Waals surface area contributed by atoms with E-state index in [1.807, 2.05) is 55.5 Å². The summed E-state index contributed by atoms with van der Waals surface area (Å²) < 4.78 is 5.46. The van der Waals surface area contributed by atoms with Crippen molar-refractivity contribution < 1.29 is 4.52 Å². The molecule has 0 aliphatic heterocycles. The molecule has 2 aromatic carbocycles. The highest BCUT2D eigenvalue weighted by atomic mass is 16.5. The largest absolute Gasteiger partial charge is 0.355 e. The van der Waals surface area contributed by atoms with E-state index in [0.717, 1.165) is 27.8 Å². The van der Waals surface area contributed by atoms with Gasteiger partial charge in [-0.1, -0.05) is 53.7 Å². The van der Waals surface area contributed by atoms with E-state index in [0.29, 0.717) is 0 Å². The lowest BCUT2D eigenvalue weighted by atomic mass is 10.1. The number of fused-ring (bicyclic) bond motifs is 1. The molecule has 0 saturated carbocycles. The van der Waals surface area contributed by atoms with E-state index in [4.69, 9.17) is 4.52 Å². The lowest BCUT2D eigenvalue weighted by Gasteiger charge is -1.97. The summed E-state index contributed by atoms with van der Waals surface area (Å²) >= 11 is 0. The van der Waals surface area contributed by atoms with Crippen LogP contribution in [0.2, 0.25) is 0 Å². The van der Waals surface area contributed by atoms with Crippen LogP contribution in [0.25, 0.3) is 28.3 Å². The fourth-order valence-electron chi connectivity index (χ4n) is 2.05. The van der Waals surface area contributed by atoms with Crippen LogP contribution in [0.1, 0.15) is 12.5 Å². The SMILES string of the molecule is C/C=C/c1ccc2noc(-c3ccccc3)c2c1. The van der Waals surface area contributed by atoms with Crippen molar-refractivity contribution in [3.63, 3.8) is 0 Å². The van der Waals surface area contributed by atoms with E-state index < -0.39 is 0 Å². The molecule has 0 aliphatic carbocycles. The predicted molar refractivity (Wildman–Crippen MR) is 74.2 cm³/mol. The first-order valence-electron chi connectivity index (χ1n) is 5.96. The maximum atomic E-state index is 5.46. The number of hydrogen-bond donors (Lipinski definition) is 0. The maximum absolute atomic E-state index is 5.46. The van der Waals surface area contributed by atoms with Crippen LogP contribution in [-0.2, 0) is 0 Å². The lowest BCUT2D eigenvalue weighted by Crippen LogP contribution is -1.76. The van der Waals surface area contributed by atoms with Gasteiger partial charge >= 0.3 is 0 Å². The second-order valence-electron chi connectivity index (χ2n) is 4.15. The van der Waals surface area contributed by atoms with Gasteiger partial charge < -0.3 is 4.52 Å². The third kappa shape index (κ3) is 1.82. The van der Waals surface area contributed by atoms with Gasteiger partial charge in [0, 0.05) is 5.56 Å². The minimum absolute atomic E-state index is 0.831. The van der Waals surface area contributed by atoms with Gasteiger partial charge in [-0.05, 0) is 24.6 Å². The van der Waals surface area contributed by atoms with Crippen molar-refractivity contribution in [3.8, 4) is 11.3 Å². The van der Waals surface area contributed by atoms with Gasteiger partial charge in [-0.3, -0.25) is 0 Å². The van der Waals surface area contributed by atoms with Crippen LogP contribution in [0.5, 0.6) is 0 Å². The van der Waals surface area contributed by atoms with Crippen molar-refractivity contribution in [2.75, 3.05) is 0 Å². The van der Waals surface area contributed by atoms with Crippen LogP contribution >= 0.6 is 0 Å².